The molecule has 1 amide bonds. The van der Waals surface area contributed by atoms with Gasteiger partial charge in [-0.05, 0) is 12.5 Å². The van der Waals surface area contributed by atoms with E-state index in [4.69, 9.17) is 10.5 Å². The average molecular weight is 324 g/mol. The van der Waals surface area contributed by atoms with Crippen molar-refractivity contribution in [3.63, 3.8) is 0 Å². The molecule has 0 aliphatic carbocycles. The molecule has 124 valence electrons. The van der Waals surface area contributed by atoms with Crippen molar-refractivity contribution in [1.82, 2.24) is 15.4 Å². The highest BCUT2D eigenvalue weighted by Gasteiger charge is 2.22. The van der Waals surface area contributed by atoms with Crippen LogP contribution in [0.3, 0.4) is 0 Å². The number of rotatable bonds is 8. The molecule has 3 N–H and O–H groups in total. The number of carbonyl (C=O) groups is 1. The third-order valence-electron chi connectivity index (χ3n) is 3.29. The highest BCUT2D eigenvalue weighted by Crippen LogP contribution is 2.33. The van der Waals surface area contributed by atoms with Crippen LogP contribution >= 0.6 is 0 Å². The van der Waals surface area contributed by atoms with Crippen molar-refractivity contribution in [1.29, 1.82) is 0 Å². The van der Waals surface area contributed by atoms with Gasteiger partial charge in [0.1, 0.15) is 11.5 Å². The number of nitrogens with two attached hydrogens (primary N) is 1. The Hall–Kier alpha value is -2.51. The number of unbranched alkanes of at least 4 members (excludes halogenated alkanes) is 3. The predicted molar refractivity (Wildman–Crippen MR) is 79.9 cm³/mol. The van der Waals surface area contributed by atoms with E-state index in [0.29, 0.717) is 0 Å². The summed E-state index contributed by atoms with van der Waals surface area (Å²) < 4.78 is 33.1. The van der Waals surface area contributed by atoms with Gasteiger partial charge in [0.05, 0.1) is 12.2 Å². The molecule has 0 unspecified atom stereocenters. The topological polar surface area (TPSA) is 93.9 Å². The Bertz CT molecular complexity index is 688. The van der Waals surface area contributed by atoms with E-state index in [-0.39, 0.29) is 29.3 Å². The summed E-state index contributed by atoms with van der Waals surface area (Å²) in [7, 11) is 0. The van der Waals surface area contributed by atoms with Crippen molar-refractivity contribution in [3.05, 3.63) is 29.5 Å². The quantitative estimate of drug-likeness (QED) is 0.730. The molecule has 0 bridgehead atoms. The van der Waals surface area contributed by atoms with Gasteiger partial charge < -0.3 is 10.5 Å². The maximum Gasteiger partial charge on any atom is 0.271 e. The van der Waals surface area contributed by atoms with Crippen molar-refractivity contribution in [3.8, 4) is 17.0 Å². The van der Waals surface area contributed by atoms with Crippen LogP contribution in [0.2, 0.25) is 0 Å². The molecule has 2 rings (SSSR count). The molecule has 0 spiro atoms. The van der Waals surface area contributed by atoms with E-state index in [1.54, 1.807) is 0 Å². The minimum absolute atomic E-state index is 0.000501. The van der Waals surface area contributed by atoms with Crippen LogP contribution in [0.5, 0.6) is 5.75 Å². The van der Waals surface area contributed by atoms with Crippen LogP contribution in [0.15, 0.2) is 12.1 Å². The molecule has 0 saturated heterocycles. The number of aromatic amines is 1. The fourth-order valence-electron chi connectivity index (χ4n) is 2.18. The molecule has 1 aromatic heterocycles. The van der Waals surface area contributed by atoms with Crippen molar-refractivity contribution < 1.29 is 18.3 Å². The monoisotopic (exact) mass is 324 g/mol. The van der Waals surface area contributed by atoms with Crippen molar-refractivity contribution >= 4 is 5.91 Å². The molecular weight excluding hydrogens is 306 g/mol. The lowest BCUT2D eigenvalue weighted by Crippen LogP contribution is -2.13. The number of benzene rings is 1. The first kappa shape index (κ1) is 16.9. The summed E-state index contributed by atoms with van der Waals surface area (Å²) in [5, 5.41) is 9.59. The minimum Gasteiger partial charge on any atom is -0.490 e. The molecule has 0 fully saturated rings. The van der Waals surface area contributed by atoms with Crippen LogP contribution in [0.25, 0.3) is 11.3 Å². The van der Waals surface area contributed by atoms with Gasteiger partial charge in [-0.25, -0.2) is 8.78 Å². The fourth-order valence-corrected chi connectivity index (χ4v) is 2.18. The van der Waals surface area contributed by atoms with Crippen LogP contribution in [-0.4, -0.2) is 27.9 Å². The second-order valence-electron chi connectivity index (χ2n) is 5.06. The molecular formula is C15H18F2N4O2. The summed E-state index contributed by atoms with van der Waals surface area (Å²) in [6, 6.07) is 1.75. The van der Waals surface area contributed by atoms with Gasteiger partial charge in [0.2, 0.25) is 0 Å². The molecule has 1 heterocycles. The molecule has 8 heteroatoms. The van der Waals surface area contributed by atoms with Crippen molar-refractivity contribution in [2.75, 3.05) is 6.61 Å². The number of nitrogens with one attached hydrogen (secondary N) is 1. The van der Waals surface area contributed by atoms with E-state index in [1.807, 2.05) is 0 Å². The van der Waals surface area contributed by atoms with Crippen molar-refractivity contribution in [2.45, 2.75) is 32.6 Å². The van der Waals surface area contributed by atoms with Crippen LogP contribution in [-0.2, 0) is 0 Å². The number of hydrogen-bond donors (Lipinski definition) is 2. The highest BCUT2D eigenvalue weighted by molar-refractivity contribution is 5.97. The number of halogens is 2. The predicted octanol–water partition coefficient (Wildman–Crippen LogP) is 2.81. The van der Waals surface area contributed by atoms with Crippen LogP contribution in [0, 0.1) is 11.6 Å². The maximum absolute atomic E-state index is 14.1. The Kier molecular flexibility index (Phi) is 5.61. The van der Waals surface area contributed by atoms with E-state index in [1.165, 1.54) is 0 Å². The van der Waals surface area contributed by atoms with Gasteiger partial charge in [0.25, 0.3) is 5.91 Å². The van der Waals surface area contributed by atoms with E-state index >= 15 is 0 Å². The van der Waals surface area contributed by atoms with Gasteiger partial charge in [-0.2, -0.15) is 15.4 Å². The molecule has 6 nitrogen and oxygen atoms in total. The first-order valence-electron chi connectivity index (χ1n) is 7.37. The SMILES string of the molecule is CCCCCCOc1c(F)cc(F)cc1-c1n[nH]nc1C(N)=O. The van der Waals surface area contributed by atoms with Gasteiger partial charge in [0, 0.05) is 6.07 Å². The number of carbonyl (C=O) groups excluding carboxylic acids is 1. The largest absolute Gasteiger partial charge is 0.490 e. The minimum atomic E-state index is -0.867. The Labute approximate surface area is 132 Å². The summed E-state index contributed by atoms with van der Waals surface area (Å²) in [6.45, 7) is 2.36. The molecule has 2 aromatic rings. The Morgan fingerprint density at radius 1 is 1.26 bits per heavy atom. The summed E-state index contributed by atoms with van der Waals surface area (Å²) in [5.74, 6) is -2.70. The standard InChI is InChI=1S/C15H18F2N4O2/c1-2-3-4-5-6-23-14-10(7-9(16)8-11(14)17)12-13(15(18)22)20-21-19-12/h7-8H,2-6H2,1H3,(H2,18,22)(H,19,20,21). The van der Waals surface area contributed by atoms with Crippen LogP contribution in [0.4, 0.5) is 8.78 Å². The maximum atomic E-state index is 14.1. The van der Waals surface area contributed by atoms with Gasteiger partial charge >= 0.3 is 0 Å². The van der Waals surface area contributed by atoms with E-state index in [9.17, 15) is 13.6 Å². The lowest BCUT2D eigenvalue weighted by Gasteiger charge is -2.12. The zero-order valence-corrected chi connectivity index (χ0v) is 12.7. The third kappa shape index (κ3) is 4.02. The molecule has 0 radical (unpaired) electrons. The second kappa shape index (κ2) is 7.66. The van der Waals surface area contributed by atoms with Gasteiger partial charge in [0.15, 0.2) is 17.3 Å². The fraction of sp³-hybridized carbons (Fsp3) is 0.400. The second-order valence-corrected chi connectivity index (χ2v) is 5.06. The van der Waals surface area contributed by atoms with E-state index < -0.39 is 17.5 Å². The first-order valence-corrected chi connectivity index (χ1v) is 7.37. The number of hydrogen-bond acceptors (Lipinski definition) is 4. The van der Waals surface area contributed by atoms with Crippen LogP contribution < -0.4 is 10.5 Å². The zero-order valence-electron chi connectivity index (χ0n) is 12.7. The first-order chi connectivity index (χ1) is 11.0. The number of amides is 1. The third-order valence-corrected chi connectivity index (χ3v) is 3.29. The number of H-pyrrole nitrogens is 1. The molecule has 0 atom stereocenters. The Morgan fingerprint density at radius 3 is 2.74 bits per heavy atom. The smallest absolute Gasteiger partial charge is 0.271 e. The Balaban J connectivity index is 2.31. The van der Waals surface area contributed by atoms with E-state index in [0.717, 1.165) is 37.8 Å². The molecule has 0 saturated carbocycles. The van der Waals surface area contributed by atoms with Gasteiger partial charge in [-0.15, -0.1) is 0 Å². The zero-order chi connectivity index (χ0) is 16.8. The number of primary amides is 1. The molecule has 0 aliphatic rings. The molecule has 23 heavy (non-hydrogen) atoms. The lowest BCUT2D eigenvalue weighted by molar-refractivity contribution is 0.0996. The summed E-state index contributed by atoms with van der Waals surface area (Å²) in [4.78, 5) is 11.3. The van der Waals surface area contributed by atoms with E-state index in [2.05, 4.69) is 22.3 Å². The number of ether oxygens (including phenoxy) is 1. The number of nitrogens with zero attached hydrogens (tertiary/aromatic N) is 2. The van der Waals surface area contributed by atoms with Gasteiger partial charge in [-0.1, -0.05) is 26.2 Å². The lowest BCUT2D eigenvalue weighted by atomic mass is 10.1. The number of aromatic nitrogens is 3. The highest BCUT2D eigenvalue weighted by atomic mass is 19.1. The van der Waals surface area contributed by atoms with Crippen LogP contribution in [0.1, 0.15) is 43.1 Å². The molecule has 0 aliphatic heterocycles. The summed E-state index contributed by atoms with van der Waals surface area (Å²) in [5.41, 5.74) is 4.94. The van der Waals surface area contributed by atoms with Crippen molar-refractivity contribution in [2.24, 2.45) is 5.73 Å². The summed E-state index contributed by atoms with van der Waals surface area (Å²) >= 11 is 0. The van der Waals surface area contributed by atoms with Gasteiger partial charge in [-0.3, -0.25) is 4.79 Å². The average Bonchev–Trinajstić information content (AvgIpc) is 2.98. The molecule has 1 aromatic carbocycles. The summed E-state index contributed by atoms with van der Waals surface area (Å²) in [6.07, 6.45) is 3.81. The Morgan fingerprint density at radius 2 is 2.04 bits per heavy atom. The normalized spacial score (nSPS) is 10.7.